The number of aryl methyl sites for hydroxylation is 2. The van der Waals surface area contributed by atoms with E-state index in [0.29, 0.717) is 30.8 Å². The van der Waals surface area contributed by atoms with E-state index in [1.54, 1.807) is 7.05 Å². The van der Waals surface area contributed by atoms with Gasteiger partial charge in [-0.2, -0.15) is 0 Å². The molecule has 4 rings (SSSR count). The van der Waals surface area contributed by atoms with Gasteiger partial charge in [0.2, 0.25) is 10.0 Å². The van der Waals surface area contributed by atoms with Crippen molar-refractivity contribution in [2.24, 2.45) is 10.7 Å². The molecule has 1 fully saturated rings. The van der Waals surface area contributed by atoms with Gasteiger partial charge in [-0.1, -0.05) is 49.1 Å². The number of carbonyl (C=O) groups is 2. The number of urea groups is 1. The second-order valence-corrected chi connectivity index (χ2v) is 18.9. The van der Waals surface area contributed by atoms with Crippen molar-refractivity contribution in [3.8, 4) is 0 Å². The zero-order valence-corrected chi connectivity index (χ0v) is 25.5. The number of nitrogens with zero attached hydrogens (tertiary/aromatic N) is 3. The van der Waals surface area contributed by atoms with Crippen molar-refractivity contribution in [3.63, 3.8) is 0 Å². The number of hydrogen-bond acceptors (Lipinski definition) is 5. The van der Waals surface area contributed by atoms with Gasteiger partial charge in [0.15, 0.2) is 0 Å². The lowest BCUT2D eigenvalue weighted by molar-refractivity contribution is -0.124. The molecule has 2 aromatic rings. The van der Waals surface area contributed by atoms with Crippen molar-refractivity contribution < 1.29 is 18.0 Å². The monoisotopic (exact) mass is 569 g/mol. The lowest BCUT2D eigenvalue weighted by atomic mass is 9.89. The molecule has 39 heavy (non-hydrogen) atoms. The van der Waals surface area contributed by atoms with Crippen LogP contribution in [0.3, 0.4) is 0 Å². The molecule has 1 saturated heterocycles. The van der Waals surface area contributed by atoms with Gasteiger partial charge >= 0.3 is 6.03 Å². The molecule has 3 N–H and O–H groups in total. The second kappa shape index (κ2) is 10.5. The van der Waals surface area contributed by atoms with Crippen LogP contribution in [0, 0.1) is 13.8 Å². The van der Waals surface area contributed by atoms with Gasteiger partial charge in [-0.3, -0.25) is 14.7 Å². The van der Waals surface area contributed by atoms with Gasteiger partial charge in [0.1, 0.15) is 11.4 Å². The first-order valence-electron chi connectivity index (χ1n) is 13.3. The number of amidine groups is 1. The highest BCUT2D eigenvalue weighted by Crippen LogP contribution is 2.32. The maximum Gasteiger partial charge on any atom is 0.318 e. The molecule has 11 heteroatoms. The van der Waals surface area contributed by atoms with Crippen LogP contribution in [0.4, 0.5) is 10.5 Å². The van der Waals surface area contributed by atoms with E-state index in [-0.39, 0.29) is 24.7 Å². The van der Waals surface area contributed by atoms with E-state index in [0.717, 1.165) is 22.3 Å². The van der Waals surface area contributed by atoms with Crippen LogP contribution >= 0.6 is 0 Å². The number of nitrogens with one attached hydrogen (secondary N) is 1. The number of aliphatic imine (C=N–C) groups is 1. The average Bonchev–Trinajstić information content (AvgIpc) is 3.17. The Morgan fingerprint density at radius 3 is 2.18 bits per heavy atom. The van der Waals surface area contributed by atoms with Crippen molar-refractivity contribution in [1.82, 2.24) is 9.62 Å². The molecule has 1 spiro atoms. The Kier molecular flexibility index (Phi) is 7.81. The van der Waals surface area contributed by atoms with Gasteiger partial charge in [-0.25, -0.2) is 17.5 Å². The minimum absolute atomic E-state index is 0.0309. The summed E-state index contributed by atoms with van der Waals surface area (Å²) >= 11 is 0. The quantitative estimate of drug-likeness (QED) is 0.497. The molecule has 0 aliphatic carbocycles. The van der Waals surface area contributed by atoms with E-state index in [2.05, 4.69) is 37.1 Å². The molecular weight excluding hydrogens is 530 g/mol. The highest BCUT2D eigenvalue weighted by atomic mass is 32.2. The number of hydrogen-bond donors (Lipinski definition) is 2. The predicted octanol–water partition coefficient (Wildman–Crippen LogP) is 2.65. The normalized spacial score (nSPS) is 17.7. The summed E-state index contributed by atoms with van der Waals surface area (Å²) in [5.41, 5.74) is 8.77. The summed E-state index contributed by atoms with van der Waals surface area (Å²) in [6.07, 6.45) is 1.06. The van der Waals surface area contributed by atoms with E-state index >= 15 is 0 Å². The van der Waals surface area contributed by atoms with E-state index in [1.807, 2.05) is 38.1 Å². The van der Waals surface area contributed by atoms with Crippen LogP contribution in [-0.4, -0.2) is 70.0 Å². The van der Waals surface area contributed by atoms with Crippen molar-refractivity contribution in [3.05, 3.63) is 58.7 Å². The molecule has 0 unspecified atom stereocenters. The first-order valence-corrected chi connectivity index (χ1v) is 18.4. The Hall–Kier alpha value is -3.02. The second-order valence-electron chi connectivity index (χ2n) is 11.7. The van der Waals surface area contributed by atoms with Crippen LogP contribution in [0.2, 0.25) is 19.6 Å². The molecule has 0 aromatic heterocycles. The summed E-state index contributed by atoms with van der Waals surface area (Å²) in [4.78, 5) is 30.7. The summed E-state index contributed by atoms with van der Waals surface area (Å²) in [7, 11) is -3.36. The Labute approximate surface area is 232 Å². The Bertz CT molecular complexity index is 1400. The fourth-order valence-electron chi connectivity index (χ4n) is 5.30. The number of carbonyl (C=O) groups excluding carboxylic acids is 2. The number of rotatable bonds is 7. The van der Waals surface area contributed by atoms with Gasteiger partial charge in [-0.15, -0.1) is 0 Å². The number of nitrogens with two attached hydrogens (primary N) is 1. The summed E-state index contributed by atoms with van der Waals surface area (Å²) in [5.74, 6) is 0.377. The van der Waals surface area contributed by atoms with E-state index in [1.165, 1.54) is 14.4 Å². The van der Waals surface area contributed by atoms with Gasteiger partial charge in [0.25, 0.3) is 5.91 Å². The molecule has 9 nitrogen and oxygen atoms in total. The smallest absolute Gasteiger partial charge is 0.318 e. The molecule has 0 radical (unpaired) electrons. The zero-order chi connectivity index (χ0) is 28.8. The molecule has 0 bridgehead atoms. The van der Waals surface area contributed by atoms with Crippen LogP contribution in [0.5, 0.6) is 0 Å². The minimum Gasteiger partial charge on any atom is -0.351 e. The predicted molar refractivity (Wildman–Crippen MR) is 159 cm³/mol. The third-order valence-electron chi connectivity index (χ3n) is 7.96. The van der Waals surface area contributed by atoms with Crippen LogP contribution in [0.25, 0.3) is 0 Å². The maximum atomic E-state index is 13.3. The maximum absolute atomic E-state index is 13.3. The largest absolute Gasteiger partial charge is 0.351 e. The number of sulfonamides is 1. The van der Waals surface area contributed by atoms with Gasteiger partial charge < -0.3 is 11.1 Å². The van der Waals surface area contributed by atoms with Crippen LogP contribution < -0.4 is 21.1 Å². The first-order chi connectivity index (χ1) is 18.1. The van der Waals surface area contributed by atoms with Crippen LogP contribution in [0.15, 0.2) is 41.4 Å². The van der Waals surface area contributed by atoms with Crippen molar-refractivity contribution in [2.75, 3.05) is 30.8 Å². The fraction of sp³-hybridized carbons (Fsp3) is 0.464. The van der Waals surface area contributed by atoms with E-state index < -0.39 is 29.7 Å². The molecule has 3 amide bonds. The Morgan fingerprint density at radius 2 is 1.67 bits per heavy atom. The minimum atomic E-state index is -3.53. The highest BCUT2D eigenvalue weighted by Gasteiger charge is 2.47. The summed E-state index contributed by atoms with van der Waals surface area (Å²) in [6, 6.07) is 11.4. The van der Waals surface area contributed by atoms with Gasteiger partial charge in [0, 0.05) is 31.4 Å². The van der Waals surface area contributed by atoms with E-state index in [9.17, 15) is 18.0 Å². The van der Waals surface area contributed by atoms with Crippen molar-refractivity contribution in [1.29, 1.82) is 0 Å². The molecule has 0 atom stereocenters. The molecule has 2 aliphatic rings. The lowest BCUT2D eigenvalue weighted by Crippen LogP contribution is -2.50. The summed E-state index contributed by atoms with van der Waals surface area (Å²) < 4.78 is 28.0. The molecule has 0 saturated carbocycles. The molecular formula is C28H39N5O4SSi. The number of anilines is 1. The van der Waals surface area contributed by atoms with Crippen molar-refractivity contribution >= 4 is 46.7 Å². The van der Waals surface area contributed by atoms with Crippen molar-refractivity contribution in [2.45, 2.75) is 58.3 Å². The number of primary amides is 1. The standard InChI is InChI=1S/C28H39N5O4SSi/c1-19-17-22(32(3)27(29)35)18-20(2)24(19)11-16-38(36,37)33-14-12-28(13-15-33)26(34)30-25(31-28)21-7-9-23(10-8-21)39(4,5)6/h7-10,17-18H,11-16H2,1-6H3,(H2,29,35)(H,30,31,34). The van der Waals surface area contributed by atoms with Gasteiger partial charge in [0.05, 0.1) is 13.8 Å². The molecule has 2 aliphatic heterocycles. The van der Waals surface area contributed by atoms with E-state index in [4.69, 9.17) is 10.7 Å². The van der Waals surface area contributed by atoms with Crippen LogP contribution in [0.1, 0.15) is 35.1 Å². The number of amides is 3. The lowest BCUT2D eigenvalue weighted by Gasteiger charge is -2.34. The number of piperidine rings is 1. The first kappa shape index (κ1) is 29.0. The number of benzene rings is 2. The highest BCUT2D eigenvalue weighted by molar-refractivity contribution is 7.89. The third-order valence-corrected chi connectivity index (χ3v) is 11.9. The summed E-state index contributed by atoms with van der Waals surface area (Å²) in [5, 5.41) is 4.28. The third kappa shape index (κ3) is 5.95. The molecule has 2 aromatic carbocycles. The zero-order valence-electron chi connectivity index (χ0n) is 23.7. The summed E-state index contributed by atoms with van der Waals surface area (Å²) in [6.45, 7) is 11.2. The van der Waals surface area contributed by atoms with Gasteiger partial charge in [-0.05, 0) is 61.9 Å². The fourth-order valence-corrected chi connectivity index (χ4v) is 7.93. The molecule has 2 heterocycles. The average molecular weight is 570 g/mol. The SMILES string of the molecule is Cc1cc(N(C)C(N)=O)cc(C)c1CCS(=O)(=O)N1CCC2(CC1)N=C(c1ccc([Si](C)(C)C)cc1)NC2=O. The topological polar surface area (TPSA) is 125 Å². The Morgan fingerprint density at radius 1 is 1.10 bits per heavy atom. The molecule has 210 valence electrons. The Balaban J connectivity index is 1.42. The van der Waals surface area contributed by atoms with Crippen LogP contribution in [-0.2, 0) is 21.2 Å².